The van der Waals surface area contributed by atoms with Crippen LogP contribution in [0.15, 0.2) is 34.8 Å². The minimum absolute atomic E-state index is 0.324. The fourth-order valence-electron chi connectivity index (χ4n) is 2.38. The number of hydrogen-bond donors (Lipinski definition) is 2. The minimum atomic E-state index is -1.54. The zero-order valence-electron chi connectivity index (χ0n) is 12.6. The summed E-state index contributed by atoms with van der Waals surface area (Å²) in [5, 5.41) is 11.0. The van der Waals surface area contributed by atoms with Crippen LogP contribution in [0.2, 0.25) is 0 Å². The van der Waals surface area contributed by atoms with Crippen molar-refractivity contribution in [2.45, 2.75) is 19.9 Å². The van der Waals surface area contributed by atoms with Crippen LogP contribution in [-0.2, 0) is 4.79 Å². The Labute approximate surface area is 141 Å². The molecular weight excluding hydrogens is 367 g/mol. The average molecular weight is 383 g/mol. The summed E-state index contributed by atoms with van der Waals surface area (Å²) < 4.78 is 15.5. The number of carboxylic acid groups (broad SMARTS) is 1. The molecule has 2 aromatic rings. The van der Waals surface area contributed by atoms with Gasteiger partial charge < -0.3 is 15.0 Å². The van der Waals surface area contributed by atoms with Gasteiger partial charge in [0.25, 0.3) is 5.91 Å². The van der Waals surface area contributed by atoms with Gasteiger partial charge in [-0.15, -0.1) is 0 Å². The molecule has 2 rings (SSSR count). The lowest BCUT2D eigenvalue weighted by Crippen LogP contribution is -2.42. The third-order valence-electron chi connectivity index (χ3n) is 3.52. The first-order valence-electron chi connectivity index (χ1n) is 6.89. The molecule has 122 valence electrons. The van der Waals surface area contributed by atoms with Crippen LogP contribution in [0.3, 0.4) is 0 Å². The molecule has 1 atom stereocenters. The van der Waals surface area contributed by atoms with Crippen LogP contribution >= 0.6 is 15.9 Å². The number of amides is 1. The van der Waals surface area contributed by atoms with Crippen LogP contribution < -0.4 is 5.32 Å². The predicted molar refractivity (Wildman–Crippen MR) is 87.8 cm³/mol. The molecule has 0 spiro atoms. The van der Waals surface area contributed by atoms with Crippen LogP contribution in [0.25, 0.3) is 5.69 Å². The molecule has 1 unspecified atom stereocenters. The topological polar surface area (TPSA) is 71.3 Å². The van der Waals surface area contributed by atoms with E-state index in [1.807, 2.05) is 35.8 Å². The van der Waals surface area contributed by atoms with Gasteiger partial charge in [0.1, 0.15) is 6.67 Å². The SMILES string of the molecule is Cc1cc(C(=O)NC(CF)C(=O)O)c(C)n1-c1ccc(Br)cc1. The highest BCUT2D eigenvalue weighted by atomic mass is 79.9. The van der Waals surface area contributed by atoms with E-state index in [-0.39, 0.29) is 0 Å². The highest BCUT2D eigenvalue weighted by molar-refractivity contribution is 9.10. The number of rotatable bonds is 5. The van der Waals surface area contributed by atoms with E-state index in [0.717, 1.165) is 15.9 Å². The Kier molecular flexibility index (Phi) is 5.20. The van der Waals surface area contributed by atoms with Gasteiger partial charge in [-0.2, -0.15) is 0 Å². The van der Waals surface area contributed by atoms with Gasteiger partial charge in [-0.1, -0.05) is 15.9 Å². The molecule has 1 heterocycles. The molecule has 0 aliphatic heterocycles. The summed E-state index contributed by atoms with van der Waals surface area (Å²) >= 11 is 3.37. The van der Waals surface area contributed by atoms with Crippen LogP contribution in [0.5, 0.6) is 0 Å². The number of benzene rings is 1. The maximum absolute atomic E-state index is 12.7. The minimum Gasteiger partial charge on any atom is -0.480 e. The third kappa shape index (κ3) is 3.61. The van der Waals surface area contributed by atoms with Gasteiger partial charge >= 0.3 is 5.97 Å². The fraction of sp³-hybridized carbons (Fsp3) is 0.250. The lowest BCUT2D eigenvalue weighted by molar-refractivity contribution is -0.139. The summed E-state index contributed by atoms with van der Waals surface area (Å²) in [5.74, 6) is -2.01. The van der Waals surface area contributed by atoms with Gasteiger partial charge in [0.05, 0.1) is 5.56 Å². The number of aliphatic carboxylic acids is 1. The van der Waals surface area contributed by atoms with Crippen molar-refractivity contribution >= 4 is 27.8 Å². The van der Waals surface area contributed by atoms with Gasteiger partial charge in [0.15, 0.2) is 6.04 Å². The monoisotopic (exact) mass is 382 g/mol. The number of alkyl halides is 1. The number of carbonyl (C=O) groups is 2. The first kappa shape index (κ1) is 17.2. The quantitative estimate of drug-likeness (QED) is 0.834. The number of nitrogens with zero attached hydrogens (tertiary/aromatic N) is 1. The van der Waals surface area contributed by atoms with Gasteiger partial charge in [0, 0.05) is 21.5 Å². The largest absolute Gasteiger partial charge is 0.480 e. The molecule has 7 heteroatoms. The van der Waals surface area contributed by atoms with Crippen molar-refractivity contribution in [2.24, 2.45) is 0 Å². The first-order valence-corrected chi connectivity index (χ1v) is 7.69. The van der Waals surface area contributed by atoms with Crippen molar-refractivity contribution in [2.75, 3.05) is 6.67 Å². The Morgan fingerprint density at radius 3 is 2.43 bits per heavy atom. The summed E-state index contributed by atoms with van der Waals surface area (Å²) in [6.07, 6.45) is 0. The van der Waals surface area contributed by atoms with E-state index in [2.05, 4.69) is 21.2 Å². The van der Waals surface area contributed by atoms with Crippen molar-refractivity contribution in [3.05, 3.63) is 51.8 Å². The molecule has 0 saturated heterocycles. The van der Waals surface area contributed by atoms with Gasteiger partial charge in [0.2, 0.25) is 0 Å². The second kappa shape index (κ2) is 6.95. The summed E-state index contributed by atoms with van der Waals surface area (Å²) in [6.45, 7) is 2.44. The molecule has 1 amide bonds. The Bertz CT molecular complexity index is 741. The maximum Gasteiger partial charge on any atom is 0.328 e. The normalized spacial score (nSPS) is 12.0. The van der Waals surface area contributed by atoms with E-state index >= 15 is 0 Å². The molecule has 0 aliphatic rings. The van der Waals surface area contributed by atoms with Crippen LogP contribution in [0.4, 0.5) is 4.39 Å². The fourth-order valence-corrected chi connectivity index (χ4v) is 2.65. The second-order valence-corrected chi connectivity index (χ2v) is 6.03. The molecule has 2 N–H and O–H groups in total. The van der Waals surface area contributed by atoms with Crippen molar-refractivity contribution in [1.29, 1.82) is 0 Å². The zero-order chi connectivity index (χ0) is 17.1. The van der Waals surface area contributed by atoms with E-state index in [9.17, 15) is 14.0 Å². The Balaban J connectivity index is 2.35. The standard InChI is InChI=1S/C16H16BrFN2O3/c1-9-7-13(15(21)19-14(8-18)16(22)23)10(2)20(9)12-5-3-11(17)4-6-12/h3-7,14H,8H2,1-2H3,(H,19,21)(H,22,23). The second-order valence-electron chi connectivity index (χ2n) is 5.12. The molecule has 0 radical (unpaired) electrons. The van der Waals surface area contributed by atoms with Crippen LogP contribution in [0.1, 0.15) is 21.7 Å². The van der Waals surface area contributed by atoms with Crippen molar-refractivity contribution < 1.29 is 19.1 Å². The third-order valence-corrected chi connectivity index (χ3v) is 4.05. The summed E-state index contributed by atoms with van der Waals surface area (Å²) in [6, 6.07) is 7.68. The van der Waals surface area contributed by atoms with Crippen LogP contribution in [0, 0.1) is 13.8 Å². The lowest BCUT2D eigenvalue weighted by Gasteiger charge is -2.12. The van der Waals surface area contributed by atoms with Crippen LogP contribution in [-0.4, -0.2) is 34.3 Å². The predicted octanol–water partition coefficient (Wildman–Crippen LogP) is 3.01. The molecule has 1 aromatic carbocycles. The first-order chi connectivity index (χ1) is 10.8. The van der Waals surface area contributed by atoms with E-state index in [0.29, 0.717) is 11.3 Å². The van der Waals surface area contributed by atoms with E-state index in [1.54, 1.807) is 13.0 Å². The van der Waals surface area contributed by atoms with E-state index in [4.69, 9.17) is 5.11 Å². The number of halogens is 2. The number of carboxylic acids is 1. The number of carbonyl (C=O) groups excluding carboxylic acids is 1. The number of aromatic nitrogens is 1. The molecule has 23 heavy (non-hydrogen) atoms. The lowest BCUT2D eigenvalue weighted by atomic mass is 10.2. The number of nitrogens with one attached hydrogen (secondary N) is 1. The molecule has 0 fully saturated rings. The molecule has 5 nitrogen and oxygen atoms in total. The highest BCUT2D eigenvalue weighted by Crippen LogP contribution is 2.22. The Morgan fingerprint density at radius 2 is 1.91 bits per heavy atom. The smallest absolute Gasteiger partial charge is 0.328 e. The summed E-state index contributed by atoms with van der Waals surface area (Å²) in [7, 11) is 0. The Morgan fingerprint density at radius 1 is 1.30 bits per heavy atom. The van der Waals surface area contributed by atoms with Crippen molar-refractivity contribution in [3.63, 3.8) is 0 Å². The zero-order valence-corrected chi connectivity index (χ0v) is 14.2. The van der Waals surface area contributed by atoms with Gasteiger partial charge in [-0.05, 0) is 44.2 Å². The molecular formula is C16H16BrFN2O3. The Hall–Kier alpha value is -2.15. The van der Waals surface area contributed by atoms with Gasteiger partial charge in [-0.25, -0.2) is 9.18 Å². The highest BCUT2D eigenvalue weighted by Gasteiger charge is 2.23. The van der Waals surface area contributed by atoms with E-state index < -0.39 is 24.6 Å². The van der Waals surface area contributed by atoms with Crippen molar-refractivity contribution in [1.82, 2.24) is 9.88 Å². The summed E-state index contributed by atoms with van der Waals surface area (Å²) in [4.78, 5) is 23.1. The molecule has 1 aromatic heterocycles. The number of hydrogen-bond acceptors (Lipinski definition) is 2. The van der Waals surface area contributed by atoms with E-state index in [1.165, 1.54) is 0 Å². The van der Waals surface area contributed by atoms with Gasteiger partial charge in [-0.3, -0.25) is 4.79 Å². The maximum atomic E-state index is 12.7. The average Bonchev–Trinajstić information content (AvgIpc) is 2.80. The summed E-state index contributed by atoms with van der Waals surface area (Å²) in [5.41, 5.74) is 2.68. The molecule has 0 bridgehead atoms. The molecule has 0 saturated carbocycles. The number of aryl methyl sites for hydroxylation is 1. The molecule has 0 aliphatic carbocycles. The van der Waals surface area contributed by atoms with Crippen molar-refractivity contribution in [3.8, 4) is 5.69 Å².